The molecule has 0 saturated carbocycles. The van der Waals surface area contributed by atoms with Gasteiger partial charge in [0.15, 0.2) is 5.11 Å². The maximum absolute atomic E-state index is 5.48. The predicted molar refractivity (Wildman–Crippen MR) is 99.3 cm³/mol. The summed E-state index contributed by atoms with van der Waals surface area (Å²) in [6, 6.07) is 16.8. The minimum absolute atomic E-state index is 0.198. The minimum Gasteiger partial charge on any atom is -0.355 e. The average molecular weight is 312 g/mol. The fourth-order valence-corrected chi connectivity index (χ4v) is 2.85. The van der Waals surface area contributed by atoms with Crippen molar-refractivity contribution < 1.29 is 0 Å². The monoisotopic (exact) mass is 312 g/mol. The normalized spacial score (nSPS) is 12.0. The third kappa shape index (κ3) is 4.31. The highest BCUT2D eigenvalue weighted by Gasteiger charge is 2.18. The van der Waals surface area contributed by atoms with Crippen LogP contribution in [0.3, 0.4) is 0 Å². The van der Waals surface area contributed by atoms with Gasteiger partial charge in [0.05, 0.1) is 6.04 Å². The molecule has 2 nitrogen and oxygen atoms in total. The minimum atomic E-state index is 0.198. The Labute approximate surface area is 139 Å². The molecule has 0 heterocycles. The van der Waals surface area contributed by atoms with Crippen molar-refractivity contribution in [2.45, 2.75) is 33.7 Å². The van der Waals surface area contributed by atoms with Crippen molar-refractivity contribution in [3.05, 3.63) is 65.2 Å². The lowest BCUT2D eigenvalue weighted by Crippen LogP contribution is -2.35. The van der Waals surface area contributed by atoms with Gasteiger partial charge in [0.25, 0.3) is 0 Å². The SMILES string of the molecule is Cc1ccc(C(NC(=S)Nc2ccccc2)C(C)C)c(C)c1. The van der Waals surface area contributed by atoms with Gasteiger partial charge in [-0.2, -0.15) is 0 Å². The summed E-state index contributed by atoms with van der Waals surface area (Å²) in [4.78, 5) is 0. The van der Waals surface area contributed by atoms with E-state index in [1.165, 1.54) is 16.7 Å². The molecule has 2 N–H and O–H groups in total. The third-order valence-electron chi connectivity index (χ3n) is 3.75. The van der Waals surface area contributed by atoms with Crippen LogP contribution in [0.2, 0.25) is 0 Å². The van der Waals surface area contributed by atoms with Crippen LogP contribution in [0, 0.1) is 19.8 Å². The van der Waals surface area contributed by atoms with E-state index in [1.807, 2.05) is 30.3 Å². The van der Waals surface area contributed by atoms with Gasteiger partial charge in [-0.1, -0.05) is 55.8 Å². The first-order chi connectivity index (χ1) is 10.5. The molecule has 0 spiro atoms. The number of aryl methyl sites for hydroxylation is 2. The molecular weight excluding hydrogens is 288 g/mol. The van der Waals surface area contributed by atoms with Crippen LogP contribution < -0.4 is 10.6 Å². The number of thiocarbonyl (C=S) groups is 1. The summed E-state index contributed by atoms with van der Waals surface area (Å²) in [6.45, 7) is 8.70. The summed E-state index contributed by atoms with van der Waals surface area (Å²) in [5, 5.41) is 7.37. The second-order valence-electron chi connectivity index (χ2n) is 6.05. The molecule has 0 fully saturated rings. The summed E-state index contributed by atoms with van der Waals surface area (Å²) in [5.74, 6) is 0.442. The van der Waals surface area contributed by atoms with Gasteiger partial charge in [-0.05, 0) is 55.2 Å². The molecule has 0 aliphatic heterocycles. The Morgan fingerprint density at radius 1 is 1.00 bits per heavy atom. The average Bonchev–Trinajstić information content (AvgIpc) is 2.46. The van der Waals surface area contributed by atoms with Gasteiger partial charge in [-0.3, -0.25) is 0 Å². The molecule has 116 valence electrons. The maximum Gasteiger partial charge on any atom is 0.171 e. The van der Waals surface area contributed by atoms with Gasteiger partial charge in [-0.25, -0.2) is 0 Å². The van der Waals surface area contributed by atoms with Crippen molar-refractivity contribution in [1.29, 1.82) is 0 Å². The number of hydrogen-bond acceptors (Lipinski definition) is 1. The second-order valence-corrected chi connectivity index (χ2v) is 6.45. The molecule has 0 bridgehead atoms. The van der Waals surface area contributed by atoms with Crippen molar-refractivity contribution in [2.24, 2.45) is 5.92 Å². The van der Waals surface area contributed by atoms with E-state index in [1.54, 1.807) is 0 Å². The van der Waals surface area contributed by atoms with Crippen molar-refractivity contribution in [1.82, 2.24) is 5.32 Å². The smallest absolute Gasteiger partial charge is 0.171 e. The highest BCUT2D eigenvalue weighted by atomic mass is 32.1. The lowest BCUT2D eigenvalue weighted by atomic mass is 9.92. The molecule has 0 saturated heterocycles. The first kappa shape index (κ1) is 16.5. The maximum atomic E-state index is 5.48. The quantitative estimate of drug-likeness (QED) is 0.778. The van der Waals surface area contributed by atoms with Crippen molar-refractivity contribution >= 4 is 23.0 Å². The molecule has 2 aromatic carbocycles. The van der Waals surface area contributed by atoms with Gasteiger partial charge in [0, 0.05) is 5.69 Å². The van der Waals surface area contributed by atoms with E-state index in [0.29, 0.717) is 11.0 Å². The zero-order chi connectivity index (χ0) is 16.1. The molecule has 1 unspecified atom stereocenters. The van der Waals surface area contributed by atoms with Crippen molar-refractivity contribution in [2.75, 3.05) is 5.32 Å². The standard InChI is InChI=1S/C19H24N2S/c1-13(2)18(17-11-10-14(3)12-15(17)4)21-19(22)20-16-8-6-5-7-9-16/h5-13,18H,1-4H3,(H2,20,21,22). The Morgan fingerprint density at radius 2 is 1.68 bits per heavy atom. The van der Waals surface area contributed by atoms with Gasteiger partial charge in [0.2, 0.25) is 0 Å². The fraction of sp³-hybridized carbons (Fsp3) is 0.316. The fourth-order valence-electron chi connectivity index (χ4n) is 2.61. The summed E-state index contributed by atoms with van der Waals surface area (Å²) >= 11 is 5.48. The molecule has 0 amide bonds. The van der Waals surface area contributed by atoms with Gasteiger partial charge >= 0.3 is 0 Å². The van der Waals surface area contributed by atoms with Crippen LogP contribution in [0.15, 0.2) is 48.5 Å². The molecule has 3 heteroatoms. The van der Waals surface area contributed by atoms with E-state index in [2.05, 4.69) is 56.5 Å². The van der Waals surface area contributed by atoms with Crippen molar-refractivity contribution in [3.8, 4) is 0 Å². The van der Waals surface area contributed by atoms with Crippen LogP contribution in [0.25, 0.3) is 0 Å². The first-order valence-corrected chi connectivity index (χ1v) is 8.08. The topological polar surface area (TPSA) is 24.1 Å². The van der Waals surface area contributed by atoms with E-state index in [4.69, 9.17) is 12.2 Å². The van der Waals surface area contributed by atoms with Crippen LogP contribution in [0.1, 0.15) is 36.6 Å². The summed E-state index contributed by atoms with van der Waals surface area (Å²) < 4.78 is 0. The molecule has 0 aromatic heterocycles. The van der Waals surface area contributed by atoms with E-state index in [0.717, 1.165) is 5.69 Å². The Morgan fingerprint density at radius 3 is 2.27 bits per heavy atom. The van der Waals surface area contributed by atoms with E-state index >= 15 is 0 Å². The van der Waals surface area contributed by atoms with Crippen LogP contribution in [-0.4, -0.2) is 5.11 Å². The lowest BCUT2D eigenvalue weighted by molar-refractivity contribution is 0.471. The molecule has 0 aliphatic rings. The van der Waals surface area contributed by atoms with Crippen LogP contribution in [0.5, 0.6) is 0 Å². The number of benzene rings is 2. The number of hydrogen-bond donors (Lipinski definition) is 2. The lowest BCUT2D eigenvalue weighted by Gasteiger charge is -2.26. The molecule has 0 radical (unpaired) electrons. The van der Waals surface area contributed by atoms with E-state index < -0.39 is 0 Å². The molecule has 1 atom stereocenters. The van der Waals surface area contributed by atoms with Gasteiger partial charge in [0.1, 0.15) is 0 Å². The van der Waals surface area contributed by atoms with Crippen LogP contribution >= 0.6 is 12.2 Å². The Balaban J connectivity index is 2.13. The van der Waals surface area contributed by atoms with Gasteiger partial charge < -0.3 is 10.6 Å². The number of rotatable bonds is 4. The van der Waals surface area contributed by atoms with Gasteiger partial charge in [-0.15, -0.1) is 0 Å². The number of nitrogens with one attached hydrogen (secondary N) is 2. The molecule has 2 rings (SSSR count). The summed E-state index contributed by atoms with van der Waals surface area (Å²) in [5.41, 5.74) is 4.89. The third-order valence-corrected chi connectivity index (χ3v) is 3.97. The zero-order valence-electron chi connectivity index (χ0n) is 13.7. The highest BCUT2D eigenvalue weighted by Crippen LogP contribution is 2.25. The molecule has 22 heavy (non-hydrogen) atoms. The number of anilines is 1. The first-order valence-electron chi connectivity index (χ1n) is 7.67. The Hall–Kier alpha value is -1.87. The largest absolute Gasteiger partial charge is 0.355 e. The van der Waals surface area contributed by atoms with E-state index in [9.17, 15) is 0 Å². The summed E-state index contributed by atoms with van der Waals surface area (Å²) in [7, 11) is 0. The predicted octanol–water partition coefficient (Wildman–Crippen LogP) is 4.99. The zero-order valence-corrected chi connectivity index (χ0v) is 14.5. The number of para-hydroxylation sites is 1. The molecular formula is C19H24N2S. The van der Waals surface area contributed by atoms with E-state index in [-0.39, 0.29) is 6.04 Å². The van der Waals surface area contributed by atoms with Crippen LogP contribution in [0.4, 0.5) is 5.69 Å². The Bertz CT molecular complexity index is 635. The second kappa shape index (κ2) is 7.41. The highest BCUT2D eigenvalue weighted by molar-refractivity contribution is 7.80. The summed E-state index contributed by atoms with van der Waals surface area (Å²) in [6.07, 6.45) is 0. The van der Waals surface area contributed by atoms with Crippen molar-refractivity contribution in [3.63, 3.8) is 0 Å². The molecule has 2 aromatic rings. The van der Waals surface area contributed by atoms with Crippen LogP contribution in [-0.2, 0) is 0 Å². The Kier molecular flexibility index (Phi) is 5.56. The molecule has 0 aliphatic carbocycles.